The molecule has 38 heavy (non-hydrogen) atoms. The number of thioether (sulfide) groups is 1. The Kier molecular flexibility index (Phi) is 8.36. The number of hydrogen-bond acceptors (Lipinski definition) is 6. The number of oxazole rings is 1. The van der Waals surface area contributed by atoms with Crippen LogP contribution in [-0.2, 0) is 6.61 Å². The molecule has 5 aromatic rings. The Morgan fingerprint density at radius 2 is 1.26 bits per heavy atom. The number of aliphatic hydroxyl groups is 3. The molecular weight excluding hydrogens is 494 g/mol. The van der Waals surface area contributed by atoms with Crippen LogP contribution in [0, 0.1) is 0 Å². The van der Waals surface area contributed by atoms with Crippen LogP contribution in [0.15, 0.2) is 125 Å². The van der Waals surface area contributed by atoms with Gasteiger partial charge in [-0.25, -0.2) is 4.98 Å². The summed E-state index contributed by atoms with van der Waals surface area (Å²) >= 11 is 1.32. The monoisotopic (exact) mass is 523 g/mol. The van der Waals surface area contributed by atoms with Gasteiger partial charge in [-0.05, 0) is 16.7 Å². The highest BCUT2D eigenvalue weighted by molar-refractivity contribution is 7.99. The third kappa shape index (κ3) is 5.90. The molecule has 0 aliphatic carbocycles. The van der Waals surface area contributed by atoms with Crippen molar-refractivity contribution < 1.29 is 19.7 Å². The summed E-state index contributed by atoms with van der Waals surface area (Å²) in [5.74, 6) is 0.382. The second-order valence-corrected chi connectivity index (χ2v) is 10.0. The van der Waals surface area contributed by atoms with Gasteiger partial charge in [0.15, 0.2) is 5.76 Å². The topological polar surface area (TPSA) is 86.7 Å². The van der Waals surface area contributed by atoms with Gasteiger partial charge < -0.3 is 19.7 Å². The highest BCUT2D eigenvalue weighted by Gasteiger charge is 2.30. The lowest BCUT2D eigenvalue weighted by atomic mass is 9.85. The summed E-state index contributed by atoms with van der Waals surface area (Å²) in [4.78, 5) is 4.78. The molecule has 6 heteroatoms. The van der Waals surface area contributed by atoms with Gasteiger partial charge in [0.1, 0.15) is 5.69 Å². The van der Waals surface area contributed by atoms with E-state index in [0.717, 1.165) is 27.9 Å². The number of benzene rings is 4. The average Bonchev–Trinajstić information content (AvgIpc) is 3.42. The lowest BCUT2D eigenvalue weighted by Gasteiger charge is -2.28. The van der Waals surface area contributed by atoms with Crippen molar-refractivity contribution in [1.29, 1.82) is 0 Å². The molecule has 4 aromatic carbocycles. The Bertz CT molecular complexity index is 1370. The molecule has 0 fully saturated rings. The third-order valence-corrected chi connectivity index (χ3v) is 7.44. The molecule has 0 amide bonds. The predicted molar refractivity (Wildman–Crippen MR) is 151 cm³/mol. The number of nitrogens with zero attached hydrogens (tertiary/aromatic N) is 1. The third-order valence-electron chi connectivity index (χ3n) is 6.51. The zero-order chi connectivity index (χ0) is 26.3. The van der Waals surface area contributed by atoms with E-state index in [-0.39, 0.29) is 12.4 Å². The minimum absolute atomic E-state index is 0.0656. The molecule has 5 rings (SSSR count). The SMILES string of the molecule is OCc1ccc([C@H](O)[C@H](c2ccccc2)[C@H](O)CSc2nc(-c3ccccc3)c(-c3ccccc3)o2)cc1. The van der Waals surface area contributed by atoms with Crippen LogP contribution in [0.25, 0.3) is 22.6 Å². The number of rotatable bonds is 10. The highest BCUT2D eigenvalue weighted by Crippen LogP contribution is 2.39. The minimum Gasteiger partial charge on any atom is -0.431 e. The first kappa shape index (κ1) is 25.9. The van der Waals surface area contributed by atoms with Gasteiger partial charge in [-0.15, -0.1) is 0 Å². The summed E-state index contributed by atoms with van der Waals surface area (Å²) in [6.07, 6.45) is -1.83. The molecule has 0 radical (unpaired) electrons. The van der Waals surface area contributed by atoms with Crippen LogP contribution in [-0.4, -0.2) is 32.2 Å². The van der Waals surface area contributed by atoms with Crippen molar-refractivity contribution in [3.05, 3.63) is 132 Å². The lowest BCUT2D eigenvalue weighted by Crippen LogP contribution is -2.27. The van der Waals surface area contributed by atoms with E-state index < -0.39 is 18.1 Å². The Morgan fingerprint density at radius 1 is 0.684 bits per heavy atom. The zero-order valence-corrected chi connectivity index (χ0v) is 21.5. The molecule has 3 atom stereocenters. The molecule has 0 saturated carbocycles. The van der Waals surface area contributed by atoms with Crippen LogP contribution in [0.3, 0.4) is 0 Å². The van der Waals surface area contributed by atoms with E-state index in [4.69, 9.17) is 9.40 Å². The van der Waals surface area contributed by atoms with Crippen LogP contribution < -0.4 is 0 Å². The predicted octanol–water partition coefficient (Wildman–Crippen LogP) is 6.47. The molecule has 1 aromatic heterocycles. The van der Waals surface area contributed by atoms with Gasteiger partial charge in [-0.1, -0.05) is 127 Å². The van der Waals surface area contributed by atoms with Crippen molar-refractivity contribution in [2.45, 2.75) is 30.0 Å². The molecule has 0 spiro atoms. The first-order valence-corrected chi connectivity index (χ1v) is 13.5. The first-order chi connectivity index (χ1) is 18.6. The quantitative estimate of drug-likeness (QED) is 0.182. The van der Waals surface area contributed by atoms with Gasteiger partial charge in [0, 0.05) is 22.8 Å². The summed E-state index contributed by atoms with van der Waals surface area (Å²) in [6.45, 7) is -0.0656. The molecule has 0 aliphatic heterocycles. The molecular formula is C32H29NO4S. The Morgan fingerprint density at radius 3 is 1.87 bits per heavy atom. The summed E-state index contributed by atoms with van der Waals surface area (Å²) in [7, 11) is 0. The molecule has 5 nitrogen and oxygen atoms in total. The van der Waals surface area contributed by atoms with Crippen LogP contribution in [0.1, 0.15) is 28.7 Å². The standard InChI is InChI=1S/C32H29NO4S/c34-20-22-16-18-25(19-17-22)30(36)28(23-10-4-1-5-11-23)27(35)21-38-32-33-29(24-12-6-2-7-13-24)31(37-32)26-14-8-3-9-15-26/h1-19,27-28,30,34-36H,20-21H2/t27-,28-,30+/m1/s1. The van der Waals surface area contributed by atoms with Crippen LogP contribution in [0.5, 0.6) is 0 Å². The number of aromatic nitrogens is 1. The van der Waals surface area contributed by atoms with E-state index in [0.29, 0.717) is 16.5 Å². The second kappa shape index (κ2) is 12.2. The maximum Gasteiger partial charge on any atom is 0.256 e. The van der Waals surface area contributed by atoms with Crippen molar-refractivity contribution in [3.63, 3.8) is 0 Å². The van der Waals surface area contributed by atoms with Gasteiger partial charge in [0.05, 0.1) is 18.8 Å². The molecule has 1 heterocycles. The van der Waals surface area contributed by atoms with Gasteiger partial charge in [0.25, 0.3) is 5.22 Å². The Balaban J connectivity index is 1.41. The van der Waals surface area contributed by atoms with Crippen molar-refractivity contribution in [1.82, 2.24) is 4.98 Å². The van der Waals surface area contributed by atoms with Crippen molar-refractivity contribution in [3.8, 4) is 22.6 Å². The molecule has 0 bridgehead atoms. The van der Waals surface area contributed by atoms with E-state index >= 15 is 0 Å². The van der Waals surface area contributed by atoms with E-state index in [2.05, 4.69) is 0 Å². The van der Waals surface area contributed by atoms with E-state index in [9.17, 15) is 15.3 Å². The second-order valence-electron chi connectivity index (χ2n) is 9.05. The summed E-state index contributed by atoms with van der Waals surface area (Å²) in [5, 5.41) is 32.5. The largest absolute Gasteiger partial charge is 0.431 e. The average molecular weight is 524 g/mol. The fourth-order valence-corrected chi connectivity index (χ4v) is 5.34. The normalized spacial score (nSPS) is 13.7. The van der Waals surface area contributed by atoms with Crippen molar-refractivity contribution in [2.24, 2.45) is 0 Å². The fraction of sp³-hybridized carbons (Fsp3) is 0.156. The lowest BCUT2D eigenvalue weighted by molar-refractivity contribution is 0.0641. The van der Waals surface area contributed by atoms with E-state index in [1.807, 2.05) is 91.0 Å². The summed E-state index contributed by atoms with van der Waals surface area (Å²) in [5.41, 5.74) is 4.90. The van der Waals surface area contributed by atoms with Crippen LogP contribution in [0.4, 0.5) is 0 Å². The van der Waals surface area contributed by atoms with Gasteiger partial charge in [-0.2, -0.15) is 0 Å². The van der Waals surface area contributed by atoms with Gasteiger partial charge >= 0.3 is 0 Å². The Hall–Kier alpha value is -3.68. The molecule has 192 valence electrons. The van der Waals surface area contributed by atoms with Gasteiger partial charge in [0.2, 0.25) is 0 Å². The van der Waals surface area contributed by atoms with Crippen LogP contribution >= 0.6 is 11.8 Å². The zero-order valence-electron chi connectivity index (χ0n) is 20.7. The summed E-state index contributed by atoms with van der Waals surface area (Å²) < 4.78 is 6.22. The van der Waals surface area contributed by atoms with E-state index in [1.54, 1.807) is 24.3 Å². The Labute approximate surface area is 226 Å². The molecule has 0 aliphatic rings. The number of aliphatic hydroxyl groups excluding tert-OH is 3. The summed E-state index contributed by atoms with van der Waals surface area (Å²) in [6, 6.07) is 36.4. The highest BCUT2D eigenvalue weighted by atomic mass is 32.2. The molecule has 0 saturated heterocycles. The van der Waals surface area contributed by atoms with Crippen LogP contribution in [0.2, 0.25) is 0 Å². The maximum atomic E-state index is 11.4. The van der Waals surface area contributed by atoms with Gasteiger partial charge in [-0.3, -0.25) is 0 Å². The molecule has 3 N–H and O–H groups in total. The van der Waals surface area contributed by atoms with Crippen molar-refractivity contribution in [2.75, 3.05) is 5.75 Å². The van der Waals surface area contributed by atoms with Crippen molar-refractivity contribution >= 4 is 11.8 Å². The molecule has 0 unspecified atom stereocenters. The first-order valence-electron chi connectivity index (χ1n) is 12.5. The van der Waals surface area contributed by atoms with E-state index in [1.165, 1.54) is 11.8 Å². The number of hydrogen-bond donors (Lipinski definition) is 3. The fourth-order valence-electron chi connectivity index (χ4n) is 4.52. The maximum absolute atomic E-state index is 11.4. The smallest absolute Gasteiger partial charge is 0.256 e. The minimum atomic E-state index is -0.940.